The van der Waals surface area contributed by atoms with E-state index in [1.165, 1.54) is 6.07 Å². The fraction of sp³-hybridized carbons (Fsp3) is 0.500. The van der Waals surface area contributed by atoms with Gasteiger partial charge in [-0.3, -0.25) is 0 Å². The molecule has 0 amide bonds. The van der Waals surface area contributed by atoms with Crippen LogP contribution in [0.5, 0.6) is 0 Å². The first-order chi connectivity index (χ1) is 7.09. The lowest BCUT2D eigenvalue weighted by molar-refractivity contribution is -0.137. The molecule has 0 aliphatic heterocycles. The van der Waals surface area contributed by atoms with Crippen molar-refractivity contribution in [2.45, 2.75) is 39.0 Å². The second-order valence-corrected chi connectivity index (χ2v) is 4.63. The average Bonchev–Trinajstić information content (AvgIpc) is 2.04. The van der Waals surface area contributed by atoms with Crippen LogP contribution in [0.1, 0.15) is 30.5 Å². The van der Waals surface area contributed by atoms with E-state index in [4.69, 9.17) is 0 Å². The van der Waals surface area contributed by atoms with Gasteiger partial charge < -0.3 is 5.11 Å². The molecular formula is C12H15F3O. The minimum absolute atomic E-state index is 0.344. The first kappa shape index (κ1) is 13.0. The van der Waals surface area contributed by atoms with Crippen molar-refractivity contribution in [3.8, 4) is 0 Å². The Balaban J connectivity index is 3.01. The van der Waals surface area contributed by atoms with Crippen molar-refractivity contribution < 1.29 is 18.3 Å². The Morgan fingerprint density at radius 3 is 2.12 bits per heavy atom. The Bertz CT molecular complexity index is 375. The zero-order valence-electron chi connectivity index (χ0n) is 9.52. The topological polar surface area (TPSA) is 20.2 Å². The summed E-state index contributed by atoms with van der Waals surface area (Å²) in [4.78, 5) is 0. The van der Waals surface area contributed by atoms with E-state index in [-0.39, 0.29) is 0 Å². The van der Waals surface area contributed by atoms with E-state index in [9.17, 15) is 18.3 Å². The largest absolute Gasteiger partial charge is 0.416 e. The van der Waals surface area contributed by atoms with Crippen LogP contribution in [0.2, 0.25) is 0 Å². The molecule has 1 rings (SSSR count). The van der Waals surface area contributed by atoms with Gasteiger partial charge in [-0.25, -0.2) is 0 Å². The van der Waals surface area contributed by atoms with Crippen molar-refractivity contribution in [1.29, 1.82) is 0 Å². The van der Waals surface area contributed by atoms with Gasteiger partial charge in [0, 0.05) is 6.42 Å². The summed E-state index contributed by atoms with van der Waals surface area (Å²) in [5, 5.41) is 9.60. The summed E-state index contributed by atoms with van der Waals surface area (Å²) in [5.74, 6) is 0. The molecule has 0 fully saturated rings. The van der Waals surface area contributed by atoms with Gasteiger partial charge in [-0.2, -0.15) is 13.2 Å². The van der Waals surface area contributed by atoms with Crippen molar-refractivity contribution in [2.75, 3.05) is 0 Å². The highest BCUT2D eigenvalue weighted by Gasteiger charge is 2.30. The SMILES string of the molecule is Cc1cc(C(F)(F)F)ccc1CC(C)(C)O. The first-order valence-electron chi connectivity index (χ1n) is 4.99. The minimum atomic E-state index is -4.31. The predicted molar refractivity (Wildman–Crippen MR) is 56.2 cm³/mol. The van der Waals surface area contributed by atoms with Crippen LogP contribution in [0.3, 0.4) is 0 Å². The van der Waals surface area contributed by atoms with Gasteiger partial charge in [0.2, 0.25) is 0 Å². The summed E-state index contributed by atoms with van der Waals surface area (Å²) in [5.41, 5.74) is -0.272. The van der Waals surface area contributed by atoms with E-state index >= 15 is 0 Å². The summed E-state index contributed by atoms with van der Waals surface area (Å²) in [6, 6.07) is 3.59. The van der Waals surface area contributed by atoms with Crippen LogP contribution in [0.4, 0.5) is 13.2 Å². The fourth-order valence-corrected chi connectivity index (χ4v) is 1.54. The normalized spacial score (nSPS) is 12.9. The van der Waals surface area contributed by atoms with Crippen LogP contribution in [0.25, 0.3) is 0 Å². The highest BCUT2D eigenvalue weighted by atomic mass is 19.4. The number of hydrogen-bond acceptors (Lipinski definition) is 1. The molecule has 0 aliphatic carbocycles. The smallest absolute Gasteiger partial charge is 0.390 e. The lowest BCUT2D eigenvalue weighted by Crippen LogP contribution is -2.22. The molecule has 1 nitrogen and oxygen atoms in total. The van der Waals surface area contributed by atoms with Crippen molar-refractivity contribution >= 4 is 0 Å². The second kappa shape index (κ2) is 4.09. The lowest BCUT2D eigenvalue weighted by atomic mass is 9.94. The molecule has 1 N–H and O–H groups in total. The number of benzene rings is 1. The monoisotopic (exact) mass is 232 g/mol. The summed E-state index contributed by atoms with van der Waals surface area (Å²) in [6.07, 6.45) is -3.96. The predicted octanol–water partition coefficient (Wildman–Crippen LogP) is 3.33. The van der Waals surface area contributed by atoms with Gasteiger partial charge >= 0.3 is 6.18 Å². The molecule has 90 valence electrons. The molecule has 4 heteroatoms. The maximum Gasteiger partial charge on any atom is 0.416 e. The van der Waals surface area contributed by atoms with Gasteiger partial charge in [-0.1, -0.05) is 6.07 Å². The van der Waals surface area contributed by atoms with Crippen LogP contribution in [0.15, 0.2) is 18.2 Å². The maximum atomic E-state index is 12.4. The Morgan fingerprint density at radius 1 is 1.19 bits per heavy atom. The molecule has 0 unspecified atom stereocenters. The summed E-state index contributed by atoms with van der Waals surface area (Å²) < 4.78 is 37.2. The highest BCUT2D eigenvalue weighted by molar-refractivity contribution is 5.33. The molecule has 16 heavy (non-hydrogen) atoms. The molecule has 0 saturated carbocycles. The molecule has 1 aromatic carbocycles. The zero-order valence-corrected chi connectivity index (χ0v) is 9.52. The summed E-state index contributed by atoms with van der Waals surface area (Å²) in [7, 11) is 0. The first-order valence-corrected chi connectivity index (χ1v) is 4.99. The van der Waals surface area contributed by atoms with Gasteiger partial charge in [0.15, 0.2) is 0 Å². The Hall–Kier alpha value is -1.03. The van der Waals surface area contributed by atoms with Crippen LogP contribution in [-0.2, 0) is 12.6 Å². The molecule has 0 saturated heterocycles. The van der Waals surface area contributed by atoms with Crippen LogP contribution in [-0.4, -0.2) is 10.7 Å². The standard InChI is InChI=1S/C12H15F3O/c1-8-6-10(12(13,14)15)5-4-9(8)7-11(2,3)16/h4-6,16H,7H2,1-3H3. The number of halogens is 3. The Kier molecular flexibility index (Phi) is 3.33. The van der Waals surface area contributed by atoms with Crippen LogP contribution >= 0.6 is 0 Å². The second-order valence-electron chi connectivity index (χ2n) is 4.63. The van der Waals surface area contributed by atoms with Crippen LogP contribution < -0.4 is 0 Å². The molecule has 0 atom stereocenters. The number of hydrogen-bond donors (Lipinski definition) is 1. The van der Waals surface area contributed by atoms with E-state index in [0.29, 0.717) is 12.0 Å². The molecule has 0 radical (unpaired) electrons. The fourth-order valence-electron chi connectivity index (χ4n) is 1.54. The average molecular weight is 232 g/mol. The van der Waals surface area contributed by atoms with E-state index < -0.39 is 17.3 Å². The Labute approximate surface area is 92.9 Å². The van der Waals surface area contributed by atoms with E-state index in [2.05, 4.69) is 0 Å². The summed E-state index contributed by atoms with van der Waals surface area (Å²) in [6.45, 7) is 4.88. The van der Waals surface area contributed by atoms with Gasteiger partial charge in [0.05, 0.1) is 11.2 Å². The maximum absolute atomic E-state index is 12.4. The van der Waals surface area contributed by atoms with Crippen LogP contribution in [0, 0.1) is 6.92 Å². The van der Waals surface area contributed by atoms with Crippen molar-refractivity contribution in [1.82, 2.24) is 0 Å². The number of alkyl halides is 3. The van der Waals surface area contributed by atoms with Gasteiger partial charge in [-0.15, -0.1) is 0 Å². The van der Waals surface area contributed by atoms with Gasteiger partial charge in [0.25, 0.3) is 0 Å². The van der Waals surface area contributed by atoms with E-state index in [1.807, 2.05) is 0 Å². The van der Waals surface area contributed by atoms with Gasteiger partial charge in [0.1, 0.15) is 0 Å². The zero-order chi connectivity index (χ0) is 12.6. The van der Waals surface area contributed by atoms with E-state index in [0.717, 1.165) is 17.7 Å². The van der Waals surface area contributed by atoms with Crippen molar-refractivity contribution in [3.63, 3.8) is 0 Å². The molecule has 0 heterocycles. The third kappa shape index (κ3) is 3.52. The molecule has 0 aromatic heterocycles. The van der Waals surface area contributed by atoms with Gasteiger partial charge in [-0.05, 0) is 44.0 Å². The lowest BCUT2D eigenvalue weighted by Gasteiger charge is -2.19. The Morgan fingerprint density at radius 2 is 1.75 bits per heavy atom. The quantitative estimate of drug-likeness (QED) is 0.829. The number of aliphatic hydroxyl groups is 1. The third-order valence-electron chi connectivity index (χ3n) is 2.29. The van der Waals surface area contributed by atoms with Crippen molar-refractivity contribution in [3.05, 3.63) is 34.9 Å². The molecular weight excluding hydrogens is 217 g/mol. The molecule has 1 aromatic rings. The third-order valence-corrected chi connectivity index (χ3v) is 2.29. The molecule has 0 aliphatic rings. The molecule has 0 bridgehead atoms. The molecule has 0 spiro atoms. The number of rotatable bonds is 2. The number of aryl methyl sites for hydroxylation is 1. The van der Waals surface area contributed by atoms with E-state index in [1.54, 1.807) is 20.8 Å². The highest BCUT2D eigenvalue weighted by Crippen LogP contribution is 2.31. The minimum Gasteiger partial charge on any atom is -0.390 e. The van der Waals surface area contributed by atoms with Crippen molar-refractivity contribution in [2.24, 2.45) is 0 Å². The summed E-state index contributed by atoms with van der Waals surface area (Å²) >= 11 is 0.